The smallest absolute Gasteiger partial charge is 0.191 e. The minimum atomic E-state index is 0. The first kappa shape index (κ1) is 18.0. The van der Waals surface area contributed by atoms with Crippen LogP contribution in [0.25, 0.3) is 0 Å². The van der Waals surface area contributed by atoms with Crippen LogP contribution in [0.4, 0.5) is 0 Å². The van der Waals surface area contributed by atoms with Crippen molar-refractivity contribution in [3.05, 3.63) is 39.6 Å². The van der Waals surface area contributed by atoms with E-state index in [1.807, 2.05) is 31.7 Å². The first-order valence-electron chi connectivity index (χ1n) is 6.56. The predicted octanol–water partition coefficient (Wildman–Crippen LogP) is 2.58. The normalized spacial score (nSPS) is 11.1. The van der Waals surface area contributed by atoms with Gasteiger partial charge in [0.05, 0.1) is 17.2 Å². The highest BCUT2D eigenvalue weighted by molar-refractivity contribution is 14.0. The Morgan fingerprint density at radius 2 is 2.05 bits per heavy atom. The molecule has 0 saturated carbocycles. The average Bonchev–Trinajstić information content (AvgIpc) is 2.96. The number of nitrogens with zero attached hydrogens (tertiary/aromatic N) is 3. The Balaban J connectivity index is 0.00000220. The van der Waals surface area contributed by atoms with Crippen LogP contribution in [0.15, 0.2) is 23.5 Å². The van der Waals surface area contributed by atoms with Gasteiger partial charge >= 0.3 is 0 Å². The average molecular weight is 419 g/mol. The fourth-order valence-electron chi connectivity index (χ4n) is 1.97. The number of halogens is 1. The SMILES string of the molecule is CN=C(NCc1ccn(C)c1)NCc1sc(C)nc1C.I. The second-order valence-electron chi connectivity index (χ2n) is 4.71. The monoisotopic (exact) mass is 419 g/mol. The van der Waals surface area contributed by atoms with Crippen LogP contribution in [0.2, 0.25) is 0 Å². The van der Waals surface area contributed by atoms with E-state index < -0.39 is 0 Å². The Kier molecular flexibility index (Phi) is 7.16. The summed E-state index contributed by atoms with van der Waals surface area (Å²) in [5.41, 5.74) is 2.33. The van der Waals surface area contributed by atoms with Crippen molar-refractivity contribution >= 4 is 41.3 Å². The molecule has 0 unspecified atom stereocenters. The molecule has 0 aliphatic heterocycles. The van der Waals surface area contributed by atoms with E-state index in [9.17, 15) is 0 Å². The first-order chi connectivity index (χ1) is 9.58. The fourth-order valence-corrected chi connectivity index (χ4v) is 2.85. The van der Waals surface area contributed by atoms with Crippen LogP contribution in [-0.4, -0.2) is 22.6 Å². The summed E-state index contributed by atoms with van der Waals surface area (Å²) in [6.45, 7) is 5.59. The molecule has 0 saturated heterocycles. The van der Waals surface area contributed by atoms with Gasteiger partial charge in [0.15, 0.2) is 5.96 Å². The molecule has 0 fully saturated rings. The molecule has 0 bridgehead atoms. The quantitative estimate of drug-likeness (QED) is 0.455. The molecule has 0 aliphatic rings. The third kappa shape index (κ3) is 5.31. The van der Waals surface area contributed by atoms with E-state index in [1.54, 1.807) is 18.4 Å². The Labute approximate surface area is 146 Å². The van der Waals surface area contributed by atoms with Gasteiger partial charge < -0.3 is 15.2 Å². The Morgan fingerprint density at radius 1 is 1.33 bits per heavy atom. The number of rotatable bonds is 4. The summed E-state index contributed by atoms with van der Waals surface area (Å²) < 4.78 is 2.04. The zero-order valence-corrected chi connectivity index (χ0v) is 16.0. The lowest BCUT2D eigenvalue weighted by molar-refractivity contribution is 0.808. The van der Waals surface area contributed by atoms with Crippen LogP contribution < -0.4 is 10.6 Å². The molecule has 0 amide bonds. The summed E-state index contributed by atoms with van der Waals surface area (Å²) >= 11 is 1.72. The lowest BCUT2D eigenvalue weighted by atomic mass is 10.3. The Hall–Kier alpha value is -1.09. The van der Waals surface area contributed by atoms with Crippen molar-refractivity contribution in [3.63, 3.8) is 0 Å². The zero-order chi connectivity index (χ0) is 14.5. The molecule has 7 heteroatoms. The summed E-state index contributed by atoms with van der Waals surface area (Å²) in [5.74, 6) is 0.805. The molecule has 0 radical (unpaired) electrons. The summed E-state index contributed by atoms with van der Waals surface area (Å²) in [7, 11) is 3.80. The molecule has 2 aromatic rings. The maximum Gasteiger partial charge on any atom is 0.191 e. The van der Waals surface area contributed by atoms with Gasteiger partial charge in [0.2, 0.25) is 0 Å². The molecule has 21 heavy (non-hydrogen) atoms. The molecule has 0 aromatic carbocycles. The standard InChI is InChI=1S/C14H21N5S.HI/c1-10-13(20-11(2)18-10)8-17-14(15-3)16-7-12-5-6-19(4)9-12;/h5-6,9H,7-8H2,1-4H3,(H2,15,16,17);1H. The van der Waals surface area contributed by atoms with Crippen LogP contribution in [0.1, 0.15) is 21.1 Å². The summed E-state index contributed by atoms with van der Waals surface area (Å²) in [6.07, 6.45) is 4.13. The molecule has 2 rings (SSSR count). The van der Waals surface area contributed by atoms with E-state index in [0.29, 0.717) is 0 Å². The van der Waals surface area contributed by atoms with Gasteiger partial charge in [-0.2, -0.15) is 0 Å². The van der Waals surface area contributed by atoms with E-state index >= 15 is 0 Å². The molecular weight excluding hydrogens is 397 g/mol. The number of aryl methyl sites for hydroxylation is 3. The molecule has 5 nitrogen and oxygen atoms in total. The molecule has 2 heterocycles. The van der Waals surface area contributed by atoms with Crippen molar-refractivity contribution < 1.29 is 0 Å². The van der Waals surface area contributed by atoms with Gasteiger partial charge in [-0.05, 0) is 25.5 Å². The van der Waals surface area contributed by atoms with Gasteiger partial charge in [-0.3, -0.25) is 4.99 Å². The number of guanidine groups is 1. The first-order valence-corrected chi connectivity index (χ1v) is 7.38. The number of aliphatic imine (C=N–C) groups is 1. The van der Waals surface area contributed by atoms with Crippen molar-refractivity contribution in [1.29, 1.82) is 0 Å². The Bertz CT molecular complexity index is 602. The van der Waals surface area contributed by atoms with E-state index in [0.717, 1.165) is 29.8 Å². The fraction of sp³-hybridized carbons (Fsp3) is 0.429. The van der Waals surface area contributed by atoms with Crippen LogP contribution in [0.5, 0.6) is 0 Å². The minimum Gasteiger partial charge on any atom is -0.357 e. The zero-order valence-electron chi connectivity index (χ0n) is 12.8. The summed E-state index contributed by atoms with van der Waals surface area (Å²) in [4.78, 5) is 9.91. The third-order valence-electron chi connectivity index (χ3n) is 2.99. The summed E-state index contributed by atoms with van der Waals surface area (Å²) in [5, 5.41) is 7.73. The van der Waals surface area contributed by atoms with E-state index in [1.165, 1.54) is 10.4 Å². The topological polar surface area (TPSA) is 54.2 Å². The number of thiazole rings is 1. The van der Waals surface area contributed by atoms with Gasteiger partial charge in [0.1, 0.15) is 0 Å². The third-order valence-corrected chi connectivity index (χ3v) is 4.07. The largest absolute Gasteiger partial charge is 0.357 e. The second-order valence-corrected chi connectivity index (χ2v) is 5.99. The predicted molar refractivity (Wildman–Crippen MR) is 99.5 cm³/mol. The highest BCUT2D eigenvalue weighted by Crippen LogP contribution is 2.16. The molecule has 2 N–H and O–H groups in total. The maximum absolute atomic E-state index is 4.43. The van der Waals surface area contributed by atoms with Crippen LogP contribution in [-0.2, 0) is 20.1 Å². The molecule has 2 aromatic heterocycles. The Morgan fingerprint density at radius 3 is 2.57 bits per heavy atom. The summed E-state index contributed by atoms with van der Waals surface area (Å²) in [6, 6.07) is 2.09. The highest BCUT2D eigenvalue weighted by atomic mass is 127. The van der Waals surface area contributed by atoms with E-state index in [2.05, 4.69) is 32.9 Å². The highest BCUT2D eigenvalue weighted by Gasteiger charge is 2.05. The number of aromatic nitrogens is 2. The van der Waals surface area contributed by atoms with E-state index in [-0.39, 0.29) is 24.0 Å². The van der Waals surface area contributed by atoms with Crippen LogP contribution in [0, 0.1) is 13.8 Å². The van der Waals surface area contributed by atoms with Crippen molar-refractivity contribution in [1.82, 2.24) is 20.2 Å². The molecule has 0 aliphatic carbocycles. The number of hydrogen-bond donors (Lipinski definition) is 2. The molecule has 0 atom stereocenters. The van der Waals surface area contributed by atoms with Gasteiger partial charge in [-0.15, -0.1) is 35.3 Å². The van der Waals surface area contributed by atoms with Crippen LogP contribution >= 0.6 is 35.3 Å². The lowest BCUT2D eigenvalue weighted by Crippen LogP contribution is -2.36. The lowest BCUT2D eigenvalue weighted by Gasteiger charge is -2.10. The molecule has 116 valence electrons. The van der Waals surface area contributed by atoms with Gasteiger partial charge in [0, 0.05) is 37.9 Å². The maximum atomic E-state index is 4.43. The van der Waals surface area contributed by atoms with Gasteiger partial charge in [-0.1, -0.05) is 0 Å². The number of nitrogens with one attached hydrogen (secondary N) is 2. The van der Waals surface area contributed by atoms with Crippen molar-refractivity contribution in [2.75, 3.05) is 7.05 Å². The van der Waals surface area contributed by atoms with E-state index in [4.69, 9.17) is 0 Å². The molecular formula is C14H22IN5S. The van der Waals surface area contributed by atoms with Gasteiger partial charge in [0.25, 0.3) is 0 Å². The molecule has 0 spiro atoms. The van der Waals surface area contributed by atoms with Gasteiger partial charge in [-0.25, -0.2) is 4.98 Å². The second kappa shape index (κ2) is 8.38. The number of hydrogen-bond acceptors (Lipinski definition) is 3. The van der Waals surface area contributed by atoms with Crippen molar-refractivity contribution in [2.45, 2.75) is 26.9 Å². The van der Waals surface area contributed by atoms with Crippen LogP contribution in [0.3, 0.4) is 0 Å². The van der Waals surface area contributed by atoms with Crippen molar-refractivity contribution in [3.8, 4) is 0 Å². The minimum absolute atomic E-state index is 0. The van der Waals surface area contributed by atoms with Crippen molar-refractivity contribution in [2.24, 2.45) is 12.0 Å².